The Morgan fingerprint density at radius 3 is 2.50 bits per heavy atom. The maximum absolute atomic E-state index is 11.4. The van der Waals surface area contributed by atoms with Crippen molar-refractivity contribution < 1.29 is 24.1 Å². The second-order valence-corrected chi connectivity index (χ2v) is 6.26. The molecule has 1 aromatic heterocycles. The maximum Gasteiger partial charge on any atom is 0.308 e. The van der Waals surface area contributed by atoms with Gasteiger partial charge in [-0.3, -0.25) is 4.79 Å². The first kappa shape index (κ1) is 20.3. The molecule has 2 rings (SSSR count). The fourth-order valence-corrected chi connectivity index (χ4v) is 2.44. The number of hydrogen-bond acceptors (Lipinski definition) is 6. The van der Waals surface area contributed by atoms with Gasteiger partial charge in [0.05, 0.1) is 18.1 Å². The van der Waals surface area contributed by atoms with Gasteiger partial charge in [0.15, 0.2) is 0 Å². The number of benzene rings is 1. The predicted molar refractivity (Wildman–Crippen MR) is 98.1 cm³/mol. The van der Waals surface area contributed by atoms with E-state index in [2.05, 4.69) is 4.98 Å². The fourth-order valence-electron chi connectivity index (χ4n) is 2.02. The van der Waals surface area contributed by atoms with Crippen molar-refractivity contribution in [2.45, 2.75) is 32.5 Å². The molecule has 0 aliphatic rings. The zero-order valence-electron chi connectivity index (χ0n) is 14.3. The summed E-state index contributed by atoms with van der Waals surface area (Å²) in [6.45, 7) is 3.65. The molecule has 6 nitrogen and oxygen atoms in total. The van der Waals surface area contributed by atoms with Crippen LogP contribution in [0.3, 0.4) is 0 Å². The van der Waals surface area contributed by atoms with Crippen LogP contribution in [0.5, 0.6) is 17.4 Å². The number of aromatic nitrogens is 1. The monoisotopic (exact) mass is 399 g/mol. The molecule has 1 N–H and O–H groups in total. The van der Waals surface area contributed by atoms with E-state index in [9.17, 15) is 9.90 Å². The van der Waals surface area contributed by atoms with E-state index < -0.39 is 18.2 Å². The van der Waals surface area contributed by atoms with Gasteiger partial charge in [-0.2, -0.15) is 0 Å². The Morgan fingerprint density at radius 2 is 1.88 bits per heavy atom. The third-order valence-electron chi connectivity index (χ3n) is 3.36. The quantitative estimate of drug-likeness (QED) is 0.668. The minimum absolute atomic E-state index is 0.128. The minimum atomic E-state index is -0.970. The van der Waals surface area contributed by atoms with Crippen molar-refractivity contribution in [3.05, 3.63) is 46.6 Å². The molecule has 2 atom stereocenters. The van der Waals surface area contributed by atoms with Crippen LogP contribution in [0.15, 0.2) is 36.5 Å². The number of pyridine rings is 1. The highest BCUT2D eigenvalue weighted by Crippen LogP contribution is 2.30. The molecular formula is C18H19Cl2NO5. The third-order valence-corrected chi connectivity index (χ3v) is 3.83. The normalized spacial score (nSPS) is 13.0. The molecule has 26 heavy (non-hydrogen) atoms. The predicted octanol–water partition coefficient (Wildman–Crippen LogP) is 4.26. The topological polar surface area (TPSA) is 77.9 Å². The van der Waals surface area contributed by atoms with Crippen molar-refractivity contribution in [2.75, 3.05) is 6.61 Å². The summed E-state index contributed by atoms with van der Waals surface area (Å²) in [4.78, 5) is 15.4. The van der Waals surface area contributed by atoms with Crippen LogP contribution >= 0.6 is 23.2 Å². The van der Waals surface area contributed by atoms with Crippen molar-refractivity contribution in [1.82, 2.24) is 4.98 Å². The van der Waals surface area contributed by atoms with E-state index in [-0.39, 0.29) is 18.9 Å². The largest absolute Gasteiger partial charge is 0.488 e. The lowest BCUT2D eigenvalue weighted by Gasteiger charge is -2.20. The summed E-state index contributed by atoms with van der Waals surface area (Å²) in [7, 11) is 0. The van der Waals surface area contributed by atoms with Crippen LogP contribution in [0, 0.1) is 0 Å². The zero-order valence-corrected chi connectivity index (χ0v) is 15.8. The Balaban J connectivity index is 1.93. The van der Waals surface area contributed by atoms with Crippen LogP contribution in [0.1, 0.15) is 20.3 Å². The molecule has 1 aromatic carbocycles. The van der Waals surface area contributed by atoms with E-state index in [4.69, 9.17) is 37.4 Å². The van der Waals surface area contributed by atoms with Crippen LogP contribution in [0.25, 0.3) is 0 Å². The van der Waals surface area contributed by atoms with Gasteiger partial charge >= 0.3 is 5.97 Å². The van der Waals surface area contributed by atoms with Crippen LogP contribution in [0.4, 0.5) is 0 Å². The Bertz CT molecular complexity index is 739. The number of ether oxygens (including phenoxy) is 3. The third kappa shape index (κ3) is 6.05. The number of carbonyl (C=O) groups excluding carboxylic acids is 1. The number of aliphatic hydroxyl groups excluding tert-OH is 1. The van der Waals surface area contributed by atoms with Gasteiger partial charge in [-0.1, -0.05) is 23.2 Å². The second-order valence-electron chi connectivity index (χ2n) is 5.41. The van der Waals surface area contributed by atoms with Crippen LogP contribution < -0.4 is 9.47 Å². The Kier molecular flexibility index (Phi) is 7.50. The number of carbonyl (C=O) groups is 1. The van der Waals surface area contributed by atoms with Crippen LogP contribution in [-0.2, 0) is 9.53 Å². The van der Waals surface area contributed by atoms with Crippen molar-refractivity contribution >= 4 is 29.2 Å². The van der Waals surface area contributed by atoms with Crippen molar-refractivity contribution in [2.24, 2.45) is 0 Å². The van der Waals surface area contributed by atoms with Crippen LogP contribution in [-0.4, -0.2) is 34.9 Å². The van der Waals surface area contributed by atoms with Gasteiger partial charge in [0.2, 0.25) is 5.88 Å². The van der Waals surface area contributed by atoms with Gasteiger partial charge in [0, 0.05) is 6.20 Å². The molecule has 0 bridgehead atoms. The highest BCUT2D eigenvalue weighted by Gasteiger charge is 2.20. The summed E-state index contributed by atoms with van der Waals surface area (Å²) in [5.74, 6) is 0.797. The summed E-state index contributed by atoms with van der Waals surface area (Å²) >= 11 is 11.8. The van der Waals surface area contributed by atoms with E-state index in [1.54, 1.807) is 38.1 Å². The second kappa shape index (κ2) is 9.62. The number of halogens is 2. The smallest absolute Gasteiger partial charge is 0.308 e. The van der Waals surface area contributed by atoms with Gasteiger partial charge in [0.25, 0.3) is 0 Å². The molecule has 0 radical (unpaired) electrons. The molecule has 2 unspecified atom stereocenters. The van der Waals surface area contributed by atoms with E-state index >= 15 is 0 Å². The molecule has 8 heteroatoms. The Hall–Kier alpha value is -2.02. The summed E-state index contributed by atoms with van der Waals surface area (Å²) < 4.78 is 16.0. The first-order chi connectivity index (χ1) is 12.4. The van der Waals surface area contributed by atoms with Crippen molar-refractivity contribution in [3.8, 4) is 17.4 Å². The number of hydrogen-bond donors (Lipinski definition) is 1. The lowest BCUT2D eigenvalue weighted by Crippen LogP contribution is -2.31. The molecular weight excluding hydrogens is 381 g/mol. The summed E-state index contributed by atoms with van der Waals surface area (Å²) in [5.41, 5.74) is 0. The van der Waals surface area contributed by atoms with Crippen molar-refractivity contribution in [1.29, 1.82) is 0 Å². The lowest BCUT2D eigenvalue weighted by atomic mass is 10.1. The SMILES string of the molecule is CCOC(=O)CC(O)C(C)Oc1ccc(Oc2ncc(Cl)cc2Cl)cc1. The summed E-state index contributed by atoms with van der Waals surface area (Å²) in [6, 6.07) is 8.23. The zero-order chi connectivity index (χ0) is 19.1. The Morgan fingerprint density at radius 1 is 1.23 bits per heavy atom. The van der Waals surface area contributed by atoms with E-state index in [0.717, 1.165) is 0 Å². The van der Waals surface area contributed by atoms with Gasteiger partial charge in [-0.25, -0.2) is 4.98 Å². The van der Waals surface area contributed by atoms with Gasteiger partial charge in [0.1, 0.15) is 28.7 Å². The molecule has 140 valence electrons. The average molecular weight is 400 g/mol. The maximum atomic E-state index is 11.4. The number of nitrogens with zero attached hydrogens (tertiary/aromatic N) is 1. The van der Waals surface area contributed by atoms with Gasteiger partial charge in [-0.05, 0) is 44.2 Å². The molecule has 0 amide bonds. The molecule has 0 aliphatic heterocycles. The highest BCUT2D eigenvalue weighted by molar-refractivity contribution is 6.35. The molecule has 0 spiro atoms. The number of aliphatic hydroxyl groups is 1. The van der Waals surface area contributed by atoms with E-state index in [0.29, 0.717) is 21.5 Å². The number of rotatable bonds is 8. The van der Waals surface area contributed by atoms with E-state index in [1.807, 2.05) is 0 Å². The Labute approximate surface area is 161 Å². The molecule has 0 fully saturated rings. The average Bonchev–Trinajstić information content (AvgIpc) is 2.59. The summed E-state index contributed by atoms with van der Waals surface area (Å²) in [6.07, 6.45) is -0.246. The first-order valence-corrected chi connectivity index (χ1v) is 8.74. The molecule has 0 aliphatic carbocycles. The summed E-state index contributed by atoms with van der Waals surface area (Å²) in [5, 5.41) is 10.7. The fraction of sp³-hybridized carbons (Fsp3) is 0.333. The van der Waals surface area contributed by atoms with Crippen LogP contribution in [0.2, 0.25) is 10.0 Å². The standard InChI is InChI=1S/C18H19Cl2NO5/c1-3-24-17(23)9-16(22)11(2)25-13-4-6-14(7-5-13)26-18-15(20)8-12(19)10-21-18/h4-8,10-11,16,22H,3,9H2,1-2H3. The number of esters is 1. The van der Waals surface area contributed by atoms with Crippen molar-refractivity contribution in [3.63, 3.8) is 0 Å². The van der Waals surface area contributed by atoms with Gasteiger partial charge < -0.3 is 19.3 Å². The molecule has 0 saturated heterocycles. The highest BCUT2D eigenvalue weighted by atomic mass is 35.5. The lowest BCUT2D eigenvalue weighted by molar-refractivity contribution is -0.146. The van der Waals surface area contributed by atoms with E-state index in [1.165, 1.54) is 12.3 Å². The minimum Gasteiger partial charge on any atom is -0.488 e. The van der Waals surface area contributed by atoms with Gasteiger partial charge in [-0.15, -0.1) is 0 Å². The molecule has 0 saturated carbocycles. The first-order valence-electron chi connectivity index (χ1n) is 7.98. The molecule has 1 heterocycles. The molecule has 2 aromatic rings.